The van der Waals surface area contributed by atoms with Gasteiger partial charge in [0, 0.05) is 39.3 Å². The lowest BCUT2D eigenvalue weighted by molar-refractivity contribution is -0.149. The van der Waals surface area contributed by atoms with E-state index in [-0.39, 0.29) is 11.8 Å². The van der Waals surface area contributed by atoms with Crippen LogP contribution in [-0.2, 0) is 41.7 Å². The Morgan fingerprint density at radius 3 is 1.34 bits per heavy atom. The molecular weight excluding hydrogens is 412 g/mol. The summed E-state index contributed by atoms with van der Waals surface area (Å²) in [5.74, 6) is -2.50. The van der Waals surface area contributed by atoms with E-state index in [0.717, 1.165) is 23.3 Å². The van der Waals surface area contributed by atoms with E-state index in [1.165, 1.54) is 9.80 Å². The third-order valence-electron chi connectivity index (χ3n) is 4.41. The Hall–Kier alpha value is -3.94. The van der Waals surface area contributed by atoms with Gasteiger partial charge in [0.2, 0.25) is 0 Å². The molecule has 2 rings (SSSR count). The van der Waals surface area contributed by atoms with Crippen LogP contribution in [0.3, 0.4) is 0 Å². The molecule has 8 nitrogen and oxygen atoms in total. The number of nitrogens with zero attached hydrogens (tertiary/aromatic N) is 2. The van der Waals surface area contributed by atoms with Crippen LogP contribution in [0.15, 0.2) is 72.8 Å². The molecule has 0 aliphatic carbocycles. The summed E-state index contributed by atoms with van der Waals surface area (Å²) in [5, 5.41) is 0. The summed E-state index contributed by atoms with van der Waals surface area (Å²) in [7, 11) is 3.20. The zero-order valence-electron chi connectivity index (χ0n) is 18.1. The van der Waals surface area contributed by atoms with Gasteiger partial charge >= 0.3 is 11.9 Å². The largest absolute Gasteiger partial charge is 0.452 e. The summed E-state index contributed by atoms with van der Waals surface area (Å²) in [4.78, 5) is 50.4. The molecule has 0 spiro atoms. The molecule has 168 valence electrons. The standard InChI is InChI=1S/C24H26N2O6/c1-25(15-19-9-5-3-6-10-19)21(27)17-31-23(29)13-14-24(30)32-18-22(28)26(2)16-20-11-7-4-8-12-20/h3-14H,15-18H2,1-2H3/b14-13+. The third-order valence-corrected chi connectivity index (χ3v) is 4.41. The molecule has 2 aromatic carbocycles. The maximum absolute atomic E-state index is 12.1. The molecule has 0 heterocycles. The number of carbonyl (C=O) groups is 4. The Kier molecular flexibility index (Phi) is 9.65. The van der Waals surface area contributed by atoms with Crippen molar-refractivity contribution in [2.45, 2.75) is 13.1 Å². The Morgan fingerprint density at radius 2 is 1.00 bits per heavy atom. The minimum absolute atomic E-state index is 0.381. The maximum Gasteiger partial charge on any atom is 0.331 e. The van der Waals surface area contributed by atoms with Gasteiger partial charge in [-0.1, -0.05) is 60.7 Å². The monoisotopic (exact) mass is 438 g/mol. The third kappa shape index (κ3) is 8.83. The first-order valence-corrected chi connectivity index (χ1v) is 9.92. The normalized spacial score (nSPS) is 10.4. The van der Waals surface area contributed by atoms with Crippen molar-refractivity contribution in [3.8, 4) is 0 Å². The molecule has 0 unspecified atom stereocenters. The molecule has 0 radical (unpaired) electrons. The molecule has 2 amide bonds. The van der Waals surface area contributed by atoms with Crippen molar-refractivity contribution in [1.82, 2.24) is 9.80 Å². The summed E-state index contributed by atoms with van der Waals surface area (Å²) in [6.07, 6.45) is 1.70. The fraction of sp³-hybridized carbons (Fsp3) is 0.250. The van der Waals surface area contributed by atoms with Gasteiger partial charge in [0.1, 0.15) is 0 Å². The molecule has 0 aliphatic heterocycles. The molecule has 32 heavy (non-hydrogen) atoms. The lowest BCUT2D eigenvalue weighted by Gasteiger charge is -2.17. The van der Waals surface area contributed by atoms with Crippen LogP contribution in [0.25, 0.3) is 0 Å². The molecule has 8 heteroatoms. The molecule has 0 saturated carbocycles. The maximum atomic E-state index is 12.1. The van der Waals surface area contributed by atoms with Crippen LogP contribution in [-0.4, -0.2) is 60.9 Å². The van der Waals surface area contributed by atoms with Crippen LogP contribution in [0.1, 0.15) is 11.1 Å². The zero-order chi connectivity index (χ0) is 23.3. The number of carbonyl (C=O) groups excluding carboxylic acids is 4. The highest BCUT2D eigenvalue weighted by Gasteiger charge is 2.13. The van der Waals surface area contributed by atoms with Crippen LogP contribution < -0.4 is 0 Å². The van der Waals surface area contributed by atoms with Crippen molar-refractivity contribution >= 4 is 23.8 Å². The predicted molar refractivity (Wildman–Crippen MR) is 117 cm³/mol. The highest BCUT2D eigenvalue weighted by molar-refractivity contribution is 5.93. The summed E-state index contributed by atoms with van der Waals surface area (Å²) < 4.78 is 9.69. The lowest BCUT2D eigenvalue weighted by atomic mass is 10.2. The number of hydrogen-bond donors (Lipinski definition) is 0. The van der Waals surface area contributed by atoms with Crippen molar-refractivity contribution in [2.75, 3.05) is 27.3 Å². The number of likely N-dealkylation sites (N-methyl/N-ethyl adjacent to an activating group) is 2. The van der Waals surface area contributed by atoms with Crippen molar-refractivity contribution in [3.63, 3.8) is 0 Å². The fourth-order valence-corrected chi connectivity index (χ4v) is 2.61. The number of rotatable bonds is 10. The van der Waals surface area contributed by atoms with Crippen LogP contribution in [0.5, 0.6) is 0 Å². The fourth-order valence-electron chi connectivity index (χ4n) is 2.61. The predicted octanol–water partition coefficient (Wildman–Crippen LogP) is 1.95. The summed E-state index contributed by atoms with van der Waals surface area (Å²) in [6.45, 7) is -0.146. The SMILES string of the molecule is CN(Cc1ccccc1)C(=O)COC(=O)/C=C/C(=O)OCC(=O)N(C)Cc1ccccc1. The van der Waals surface area contributed by atoms with E-state index >= 15 is 0 Å². The Labute approximate surface area is 187 Å². The van der Waals surface area contributed by atoms with Gasteiger partial charge in [-0.05, 0) is 11.1 Å². The van der Waals surface area contributed by atoms with Gasteiger partial charge in [-0.25, -0.2) is 9.59 Å². The molecule has 0 saturated heterocycles. The quantitative estimate of drug-likeness (QED) is 0.416. The van der Waals surface area contributed by atoms with E-state index in [9.17, 15) is 19.2 Å². The second kappa shape index (κ2) is 12.7. The van der Waals surface area contributed by atoms with Gasteiger partial charge in [-0.15, -0.1) is 0 Å². The Balaban J connectivity index is 1.67. The summed E-state index contributed by atoms with van der Waals surface area (Å²) in [5.41, 5.74) is 1.89. The highest BCUT2D eigenvalue weighted by Crippen LogP contribution is 2.04. The van der Waals surface area contributed by atoms with Crippen molar-refractivity contribution in [1.29, 1.82) is 0 Å². The number of esters is 2. The van der Waals surface area contributed by atoms with Crippen LogP contribution in [0.4, 0.5) is 0 Å². The average Bonchev–Trinajstić information content (AvgIpc) is 2.80. The molecule has 0 N–H and O–H groups in total. The Bertz CT molecular complexity index is 866. The molecule has 0 fully saturated rings. The number of benzene rings is 2. The van der Waals surface area contributed by atoms with Gasteiger partial charge in [0.05, 0.1) is 0 Å². The summed E-state index contributed by atoms with van der Waals surface area (Å²) in [6, 6.07) is 18.8. The first kappa shape index (κ1) is 24.3. The first-order valence-electron chi connectivity index (χ1n) is 9.92. The van der Waals surface area contributed by atoms with Crippen molar-refractivity contribution in [2.24, 2.45) is 0 Å². The van der Waals surface area contributed by atoms with Crippen LogP contribution >= 0.6 is 0 Å². The van der Waals surface area contributed by atoms with Crippen LogP contribution in [0, 0.1) is 0 Å². The lowest BCUT2D eigenvalue weighted by Crippen LogP contribution is -2.31. The highest BCUT2D eigenvalue weighted by atomic mass is 16.5. The first-order chi connectivity index (χ1) is 15.3. The smallest absolute Gasteiger partial charge is 0.331 e. The van der Waals surface area contributed by atoms with Crippen LogP contribution in [0.2, 0.25) is 0 Å². The summed E-state index contributed by atoms with van der Waals surface area (Å²) >= 11 is 0. The van der Waals surface area contributed by atoms with Gasteiger partial charge in [0.25, 0.3) is 11.8 Å². The second-order valence-electron chi connectivity index (χ2n) is 7.02. The number of amides is 2. The van der Waals surface area contributed by atoms with Gasteiger partial charge in [0.15, 0.2) is 13.2 Å². The minimum atomic E-state index is -0.865. The van der Waals surface area contributed by atoms with Crippen molar-refractivity contribution in [3.05, 3.63) is 83.9 Å². The second-order valence-corrected chi connectivity index (χ2v) is 7.02. The van der Waals surface area contributed by atoms with E-state index in [1.54, 1.807) is 14.1 Å². The van der Waals surface area contributed by atoms with E-state index in [0.29, 0.717) is 13.1 Å². The van der Waals surface area contributed by atoms with Gasteiger partial charge in [-0.2, -0.15) is 0 Å². The average molecular weight is 438 g/mol. The molecule has 0 aromatic heterocycles. The molecule has 0 aliphatic rings. The topological polar surface area (TPSA) is 93.2 Å². The minimum Gasteiger partial charge on any atom is -0.452 e. The van der Waals surface area contributed by atoms with Gasteiger partial charge in [-0.3, -0.25) is 9.59 Å². The van der Waals surface area contributed by atoms with E-state index in [4.69, 9.17) is 9.47 Å². The molecule has 2 aromatic rings. The number of ether oxygens (including phenoxy) is 2. The van der Waals surface area contributed by atoms with Crippen molar-refractivity contribution < 1.29 is 28.7 Å². The molecular formula is C24H26N2O6. The number of hydrogen-bond acceptors (Lipinski definition) is 6. The van der Waals surface area contributed by atoms with E-state index < -0.39 is 25.2 Å². The van der Waals surface area contributed by atoms with E-state index in [2.05, 4.69) is 0 Å². The Morgan fingerprint density at radius 1 is 0.656 bits per heavy atom. The van der Waals surface area contributed by atoms with Gasteiger partial charge < -0.3 is 19.3 Å². The zero-order valence-corrected chi connectivity index (χ0v) is 18.1. The molecule has 0 bridgehead atoms. The van der Waals surface area contributed by atoms with E-state index in [1.807, 2.05) is 60.7 Å². The molecule has 0 atom stereocenters.